The van der Waals surface area contributed by atoms with Gasteiger partial charge in [0, 0.05) is 16.8 Å². The number of anilines is 1. The topological polar surface area (TPSA) is 47.6 Å². The number of carbonyl (C=O) groups is 1. The molecular formula is C26H29NO3. The molecule has 0 aliphatic rings. The molecule has 4 heteroatoms. The summed E-state index contributed by atoms with van der Waals surface area (Å²) in [5.74, 6) is 1.74. The Morgan fingerprint density at radius 2 is 1.73 bits per heavy atom. The number of nitrogens with one attached hydrogen (secondary N) is 1. The lowest BCUT2D eigenvalue weighted by Gasteiger charge is -2.16. The first-order valence-electron chi connectivity index (χ1n) is 10.2. The first kappa shape index (κ1) is 21.4. The van der Waals surface area contributed by atoms with E-state index < -0.39 is 0 Å². The highest BCUT2D eigenvalue weighted by molar-refractivity contribution is 6.04. The summed E-state index contributed by atoms with van der Waals surface area (Å²) >= 11 is 0. The van der Waals surface area contributed by atoms with Gasteiger partial charge in [0.15, 0.2) is 0 Å². The van der Waals surface area contributed by atoms with Gasteiger partial charge < -0.3 is 14.8 Å². The molecule has 0 unspecified atom stereocenters. The SMILES string of the molecule is COc1ccc(C(=O)Nc2cc(C)ccc2C)cc1COc1ccccc1C(C)C. The second-order valence-corrected chi connectivity index (χ2v) is 7.78. The van der Waals surface area contributed by atoms with E-state index >= 15 is 0 Å². The zero-order valence-electron chi connectivity index (χ0n) is 18.3. The number of para-hydroxylation sites is 1. The molecule has 0 fully saturated rings. The van der Waals surface area contributed by atoms with Crippen molar-refractivity contribution >= 4 is 11.6 Å². The second-order valence-electron chi connectivity index (χ2n) is 7.78. The minimum absolute atomic E-state index is 0.157. The molecule has 0 aromatic heterocycles. The van der Waals surface area contributed by atoms with Gasteiger partial charge in [0.1, 0.15) is 18.1 Å². The highest BCUT2D eigenvalue weighted by Gasteiger charge is 2.14. The van der Waals surface area contributed by atoms with E-state index in [9.17, 15) is 4.79 Å². The maximum atomic E-state index is 12.9. The standard InChI is InChI=1S/C26H29NO3/c1-17(2)22-8-6-7-9-25(22)30-16-21-15-20(12-13-24(21)29-5)26(28)27-23-14-18(3)10-11-19(23)4/h6-15,17H,16H2,1-5H3,(H,27,28). The molecule has 0 bridgehead atoms. The van der Waals surface area contributed by atoms with Crippen molar-refractivity contribution in [3.63, 3.8) is 0 Å². The lowest BCUT2D eigenvalue weighted by atomic mass is 10.0. The van der Waals surface area contributed by atoms with E-state index in [0.717, 1.165) is 33.7 Å². The van der Waals surface area contributed by atoms with E-state index in [-0.39, 0.29) is 5.91 Å². The van der Waals surface area contributed by atoms with Gasteiger partial charge in [0.2, 0.25) is 0 Å². The van der Waals surface area contributed by atoms with Crippen LogP contribution < -0.4 is 14.8 Å². The van der Waals surface area contributed by atoms with Gasteiger partial charge in [-0.15, -0.1) is 0 Å². The summed E-state index contributed by atoms with van der Waals surface area (Å²) in [5, 5.41) is 3.01. The van der Waals surface area contributed by atoms with Crippen molar-refractivity contribution in [3.05, 3.63) is 88.5 Å². The monoisotopic (exact) mass is 403 g/mol. The molecule has 0 aliphatic heterocycles. The van der Waals surface area contributed by atoms with Crippen molar-refractivity contribution in [2.45, 2.75) is 40.2 Å². The van der Waals surface area contributed by atoms with E-state index in [2.05, 4.69) is 25.2 Å². The fourth-order valence-electron chi connectivity index (χ4n) is 3.34. The van der Waals surface area contributed by atoms with Crippen molar-refractivity contribution < 1.29 is 14.3 Å². The molecule has 1 N–H and O–H groups in total. The van der Waals surface area contributed by atoms with Crippen LogP contribution in [-0.4, -0.2) is 13.0 Å². The normalized spacial score (nSPS) is 10.7. The van der Waals surface area contributed by atoms with Crippen LogP contribution in [0.5, 0.6) is 11.5 Å². The Hall–Kier alpha value is -3.27. The quantitative estimate of drug-likeness (QED) is 0.506. The van der Waals surface area contributed by atoms with Crippen LogP contribution in [0, 0.1) is 13.8 Å². The summed E-state index contributed by atoms with van der Waals surface area (Å²) in [7, 11) is 1.62. The Kier molecular flexibility index (Phi) is 6.78. The number of methoxy groups -OCH3 is 1. The Morgan fingerprint density at radius 3 is 2.47 bits per heavy atom. The molecule has 0 radical (unpaired) electrons. The maximum absolute atomic E-state index is 12.9. The number of hydrogen-bond acceptors (Lipinski definition) is 3. The molecule has 30 heavy (non-hydrogen) atoms. The fraction of sp³-hybridized carbons (Fsp3) is 0.269. The van der Waals surface area contributed by atoms with Crippen LogP contribution in [0.3, 0.4) is 0 Å². The second kappa shape index (κ2) is 9.49. The third kappa shape index (κ3) is 5.01. The molecule has 156 valence electrons. The molecule has 3 aromatic carbocycles. The fourth-order valence-corrected chi connectivity index (χ4v) is 3.34. The molecule has 0 aliphatic carbocycles. The Bertz CT molecular complexity index is 1040. The largest absolute Gasteiger partial charge is 0.496 e. The lowest BCUT2D eigenvalue weighted by molar-refractivity contribution is 0.102. The van der Waals surface area contributed by atoms with Crippen LogP contribution in [0.2, 0.25) is 0 Å². The van der Waals surface area contributed by atoms with Gasteiger partial charge in [-0.2, -0.15) is 0 Å². The van der Waals surface area contributed by atoms with Crippen molar-refractivity contribution in [3.8, 4) is 11.5 Å². The van der Waals surface area contributed by atoms with E-state index in [4.69, 9.17) is 9.47 Å². The van der Waals surface area contributed by atoms with Crippen molar-refractivity contribution in [1.29, 1.82) is 0 Å². The molecule has 0 spiro atoms. The van der Waals surface area contributed by atoms with Gasteiger partial charge in [-0.05, 0) is 66.8 Å². The van der Waals surface area contributed by atoms with Gasteiger partial charge in [-0.3, -0.25) is 4.79 Å². The van der Waals surface area contributed by atoms with Crippen LogP contribution in [-0.2, 0) is 6.61 Å². The Morgan fingerprint density at radius 1 is 0.967 bits per heavy atom. The predicted octanol–water partition coefficient (Wildman–Crippen LogP) is 6.27. The van der Waals surface area contributed by atoms with E-state index in [1.807, 2.05) is 62.4 Å². The predicted molar refractivity (Wildman–Crippen MR) is 122 cm³/mol. The first-order chi connectivity index (χ1) is 14.4. The number of hydrogen-bond donors (Lipinski definition) is 1. The highest BCUT2D eigenvalue weighted by atomic mass is 16.5. The van der Waals surface area contributed by atoms with Crippen LogP contribution in [0.25, 0.3) is 0 Å². The summed E-state index contributed by atoms with van der Waals surface area (Å²) in [6.07, 6.45) is 0. The molecule has 0 heterocycles. The number of ether oxygens (including phenoxy) is 2. The van der Waals surface area contributed by atoms with Gasteiger partial charge in [0.05, 0.1) is 7.11 Å². The summed E-state index contributed by atoms with van der Waals surface area (Å²) < 4.78 is 11.6. The van der Waals surface area contributed by atoms with Crippen LogP contribution in [0.1, 0.15) is 52.4 Å². The van der Waals surface area contributed by atoms with Crippen LogP contribution in [0.15, 0.2) is 60.7 Å². The Balaban J connectivity index is 1.81. The molecule has 1 amide bonds. The van der Waals surface area contributed by atoms with Gasteiger partial charge in [-0.25, -0.2) is 0 Å². The van der Waals surface area contributed by atoms with Crippen molar-refractivity contribution in [1.82, 2.24) is 0 Å². The van der Waals surface area contributed by atoms with E-state index in [1.165, 1.54) is 0 Å². The van der Waals surface area contributed by atoms with Crippen LogP contribution in [0.4, 0.5) is 5.69 Å². The van der Waals surface area contributed by atoms with Crippen molar-refractivity contribution in [2.24, 2.45) is 0 Å². The third-order valence-corrected chi connectivity index (χ3v) is 5.11. The lowest BCUT2D eigenvalue weighted by Crippen LogP contribution is -2.14. The third-order valence-electron chi connectivity index (χ3n) is 5.11. The molecule has 3 rings (SSSR count). The summed E-state index contributed by atoms with van der Waals surface area (Å²) in [6, 6.07) is 19.4. The molecule has 0 saturated carbocycles. The smallest absolute Gasteiger partial charge is 0.255 e. The zero-order chi connectivity index (χ0) is 21.7. The molecule has 0 saturated heterocycles. The number of carbonyl (C=O) groups excluding carboxylic acids is 1. The maximum Gasteiger partial charge on any atom is 0.255 e. The Labute approximate surface area is 178 Å². The number of aryl methyl sites for hydroxylation is 2. The average molecular weight is 404 g/mol. The minimum atomic E-state index is -0.157. The van der Waals surface area contributed by atoms with Gasteiger partial charge in [-0.1, -0.05) is 44.2 Å². The van der Waals surface area contributed by atoms with Crippen LogP contribution >= 0.6 is 0 Å². The highest BCUT2D eigenvalue weighted by Crippen LogP contribution is 2.28. The summed E-state index contributed by atoms with van der Waals surface area (Å²) in [4.78, 5) is 12.9. The summed E-state index contributed by atoms with van der Waals surface area (Å²) in [5.41, 5.74) is 5.48. The van der Waals surface area contributed by atoms with Gasteiger partial charge in [0.25, 0.3) is 5.91 Å². The number of amides is 1. The minimum Gasteiger partial charge on any atom is -0.496 e. The zero-order valence-corrected chi connectivity index (χ0v) is 18.3. The molecule has 0 atom stereocenters. The van der Waals surface area contributed by atoms with Gasteiger partial charge >= 0.3 is 0 Å². The average Bonchev–Trinajstić information content (AvgIpc) is 2.74. The first-order valence-corrected chi connectivity index (χ1v) is 10.2. The molecular weight excluding hydrogens is 374 g/mol. The molecule has 3 aromatic rings. The van der Waals surface area contributed by atoms with Crippen molar-refractivity contribution in [2.75, 3.05) is 12.4 Å². The summed E-state index contributed by atoms with van der Waals surface area (Å²) in [6.45, 7) is 8.58. The number of benzene rings is 3. The van der Waals surface area contributed by atoms with E-state index in [1.54, 1.807) is 13.2 Å². The molecule has 4 nitrogen and oxygen atoms in total. The number of rotatable bonds is 7. The van der Waals surface area contributed by atoms with E-state index in [0.29, 0.717) is 23.8 Å².